The molecule has 178 valence electrons. The van der Waals surface area contributed by atoms with Gasteiger partial charge in [-0.3, -0.25) is 19.0 Å². The molecule has 4 rings (SSSR count). The first kappa shape index (κ1) is 23.7. The molecule has 35 heavy (non-hydrogen) atoms. The summed E-state index contributed by atoms with van der Waals surface area (Å²) in [6.45, 7) is 0.869. The van der Waals surface area contributed by atoms with Gasteiger partial charge in [-0.15, -0.1) is 0 Å². The van der Waals surface area contributed by atoms with Gasteiger partial charge < -0.3 is 10.6 Å². The molecule has 0 aliphatic heterocycles. The molecule has 0 aliphatic rings. The van der Waals surface area contributed by atoms with Gasteiger partial charge in [-0.25, -0.2) is 4.98 Å². The third-order valence-electron chi connectivity index (χ3n) is 5.12. The molecule has 3 aromatic carbocycles. The van der Waals surface area contributed by atoms with Gasteiger partial charge >= 0.3 is 6.18 Å². The number of carbonyl (C=O) groups excluding carboxylic acids is 2. The zero-order chi connectivity index (χ0) is 25.2. The van der Waals surface area contributed by atoms with Crippen molar-refractivity contribution in [3.05, 3.63) is 88.7 Å². The monoisotopic (exact) mass is 480 g/mol. The van der Waals surface area contributed by atoms with Crippen molar-refractivity contribution in [3.63, 3.8) is 0 Å². The molecule has 0 spiro atoms. The van der Waals surface area contributed by atoms with E-state index in [1.165, 1.54) is 23.6 Å². The molecule has 0 bridgehead atoms. The summed E-state index contributed by atoms with van der Waals surface area (Å²) in [4.78, 5) is 42.3. The van der Waals surface area contributed by atoms with Crippen LogP contribution in [0, 0.1) is 0 Å². The molecule has 2 N–H and O–H groups in total. The number of benzene rings is 3. The summed E-state index contributed by atoms with van der Waals surface area (Å²) in [5.41, 5.74) is 0.00107. The molecular formula is C25H19F3N4O3. The Balaban J connectivity index is 1.75. The Morgan fingerprint density at radius 1 is 0.943 bits per heavy atom. The number of hydrogen-bond acceptors (Lipinski definition) is 4. The Morgan fingerprint density at radius 3 is 2.40 bits per heavy atom. The SMILES string of the molecule is CC(=O)Nc1ccccc1-c1nc2ccccc2n(CC(=O)Nc2cccc(C(F)(F)F)c2)c1=O. The average Bonchev–Trinajstić information content (AvgIpc) is 2.80. The Bertz CT molecular complexity index is 1500. The largest absolute Gasteiger partial charge is 0.416 e. The first-order valence-corrected chi connectivity index (χ1v) is 10.5. The number of hydrogen-bond donors (Lipinski definition) is 2. The van der Waals surface area contributed by atoms with Crippen LogP contribution in [-0.2, 0) is 22.3 Å². The van der Waals surface area contributed by atoms with Crippen LogP contribution >= 0.6 is 0 Å². The van der Waals surface area contributed by atoms with Gasteiger partial charge in [0.25, 0.3) is 5.56 Å². The number of amides is 2. The number of nitrogens with one attached hydrogen (secondary N) is 2. The van der Waals surface area contributed by atoms with E-state index in [2.05, 4.69) is 15.6 Å². The maximum Gasteiger partial charge on any atom is 0.416 e. The number of alkyl halides is 3. The average molecular weight is 480 g/mol. The van der Waals surface area contributed by atoms with E-state index in [1.54, 1.807) is 48.5 Å². The first-order valence-electron chi connectivity index (χ1n) is 10.5. The smallest absolute Gasteiger partial charge is 0.326 e. The number of carbonyl (C=O) groups is 2. The second-order valence-corrected chi connectivity index (χ2v) is 7.69. The van der Waals surface area contributed by atoms with E-state index in [0.717, 1.165) is 12.1 Å². The molecule has 4 aromatic rings. The van der Waals surface area contributed by atoms with Gasteiger partial charge in [0.05, 0.1) is 22.3 Å². The summed E-state index contributed by atoms with van der Waals surface area (Å²) < 4.78 is 40.2. The van der Waals surface area contributed by atoms with E-state index >= 15 is 0 Å². The Kier molecular flexibility index (Phi) is 6.37. The van der Waals surface area contributed by atoms with Gasteiger partial charge in [0.2, 0.25) is 11.8 Å². The lowest BCUT2D eigenvalue weighted by Gasteiger charge is -2.15. The highest BCUT2D eigenvalue weighted by Crippen LogP contribution is 2.30. The molecule has 1 aromatic heterocycles. The number of nitrogens with zero attached hydrogens (tertiary/aromatic N) is 2. The molecule has 0 fully saturated rings. The van der Waals surface area contributed by atoms with Crippen LogP contribution < -0.4 is 16.2 Å². The van der Waals surface area contributed by atoms with Crippen LogP contribution in [0.1, 0.15) is 12.5 Å². The highest BCUT2D eigenvalue weighted by Gasteiger charge is 2.30. The lowest BCUT2D eigenvalue weighted by atomic mass is 10.1. The van der Waals surface area contributed by atoms with Crippen molar-refractivity contribution in [2.24, 2.45) is 0 Å². The number of aromatic nitrogens is 2. The topological polar surface area (TPSA) is 93.1 Å². The Morgan fingerprint density at radius 2 is 1.66 bits per heavy atom. The molecule has 10 heteroatoms. The van der Waals surface area contributed by atoms with Gasteiger partial charge in [-0.05, 0) is 36.4 Å². The van der Waals surface area contributed by atoms with Crippen molar-refractivity contribution in [1.82, 2.24) is 9.55 Å². The van der Waals surface area contributed by atoms with Crippen LogP contribution in [0.4, 0.5) is 24.5 Å². The van der Waals surface area contributed by atoms with Crippen LogP contribution in [0.5, 0.6) is 0 Å². The van der Waals surface area contributed by atoms with Crippen LogP contribution in [-0.4, -0.2) is 21.4 Å². The van der Waals surface area contributed by atoms with Crippen molar-refractivity contribution in [2.75, 3.05) is 10.6 Å². The number of para-hydroxylation sites is 3. The highest BCUT2D eigenvalue weighted by atomic mass is 19.4. The van der Waals surface area contributed by atoms with Crippen molar-refractivity contribution in [2.45, 2.75) is 19.6 Å². The second-order valence-electron chi connectivity index (χ2n) is 7.69. The van der Waals surface area contributed by atoms with Crippen molar-refractivity contribution < 1.29 is 22.8 Å². The normalized spacial score (nSPS) is 11.3. The molecule has 7 nitrogen and oxygen atoms in total. The summed E-state index contributed by atoms with van der Waals surface area (Å²) >= 11 is 0. The quantitative estimate of drug-likeness (QED) is 0.434. The molecule has 0 saturated carbocycles. The third kappa shape index (κ3) is 5.21. The zero-order valence-electron chi connectivity index (χ0n) is 18.4. The maximum absolute atomic E-state index is 13.5. The fourth-order valence-electron chi connectivity index (χ4n) is 3.63. The minimum Gasteiger partial charge on any atom is -0.326 e. The van der Waals surface area contributed by atoms with Gasteiger partial charge in [0.15, 0.2) is 0 Å². The fraction of sp³-hybridized carbons (Fsp3) is 0.120. The summed E-state index contributed by atoms with van der Waals surface area (Å²) in [5, 5.41) is 5.07. The standard InChI is InChI=1S/C25H19F3N4O3/c1-15(33)29-19-10-3-2-9-18(19)23-24(35)32(21-12-5-4-11-20(21)31-23)14-22(34)30-17-8-6-7-16(13-17)25(26,27)28/h2-13H,14H2,1H3,(H,29,33)(H,30,34). The van der Waals surface area contributed by atoms with Gasteiger partial charge in [-0.1, -0.05) is 36.4 Å². The van der Waals surface area contributed by atoms with Gasteiger partial charge in [-0.2, -0.15) is 13.2 Å². The van der Waals surface area contributed by atoms with E-state index < -0.39 is 29.8 Å². The lowest BCUT2D eigenvalue weighted by Crippen LogP contribution is -2.30. The van der Waals surface area contributed by atoms with Crippen LogP contribution in [0.25, 0.3) is 22.3 Å². The molecule has 0 atom stereocenters. The number of rotatable bonds is 5. The molecular weight excluding hydrogens is 461 g/mol. The third-order valence-corrected chi connectivity index (χ3v) is 5.12. The van der Waals surface area contributed by atoms with E-state index in [0.29, 0.717) is 22.3 Å². The molecule has 1 heterocycles. The molecule has 0 unspecified atom stereocenters. The number of fused-ring (bicyclic) bond motifs is 1. The predicted molar refractivity (Wildman–Crippen MR) is 126 cm³/mol. The summed E-state index contributed by atoms with van der Waals surface area (Å²) in [6, 6.07) is 17.5. The maximum atomic E-state index is 13.5. The van der Waals surface area contributed by atoms with Crippen LogP contribution in [0.15, 0.2) is 77.6 Å². The minimum absolute atomic E-state index is 0.0138. The number of halogens is 3. The Hall–Kier alpha value is -4.47. The first-order chi connectivity index (χ1) is 16.6. The molecule has 2 amide bonds. The van der Waals surface area contributed by atoms with Crippen molar-refractivity contribution in [1.29, 1.82) is 0 Å². The lowest BCUT2D eigenvalue weighted by molar-refractivity contribution is -0.137. The highest BCUT2D eigenvalue weighted by molar-refractivity contribution is 5.94. The minimum atomic E-state index is -4.56. The van der Waals surface area contributed by atoms with Crippen molar-refractivity contribution in [3.8, 4) is 11.3 Å². The molecule has 0 aliphatic carbocycles. The van der Waals surface area contributed by atoms with Gasteiger partial charge in [0.1, 0.15) is 12.2 Å². The van der Waals surface area contributed by atoms with Gasteiger partial charge in [0, 0.05) is 18.2 Å². The summed E-state index contributed by atoms with van der Waals surface area (Å²) in [5.74, 6) is -1.03. The van der Waals surface area contributed by atoms with E-state index in [9.17, 15) is 27.6 Å². The van der Waals surface area contributed by atoms with Crippen molar-refractivity contribution >= 4 is 34.2 Å². The number of anilines is 2. The zero-order valence-corrected chi connectivity index (χ0v) is 18.4. The fourth-order valence-corrected chi connectivity index (χ4v) is 3.63. The van der Waals surface area contributed by atoms with Crippen LogP contribution in [0.2, 0.25) is 0 Å². The predicted octanol–water partition coefficient (Wildman–Crippen LogP) is 4.68. The molecule has 0 radical (unpaired) electrons. The van der Waals surface area contributed by atoms with E-state index in [1.807, 2.05) is 0 Å². The van der Waals surface area contributed by atoms with E-state index in [-0.39, 0.29) is 17.3 Å². The Labute approximate surface area is 197 Å². The van der Waals surface area contributed by atoms with E-state index in [4.69, 9.17) is 0 Å². The second kappa shape index (κ2) is 9.41. The molecule has 0 saturated heterocycles. The summed E-state index contributed by atoms with van der Waals surface area (Å²) in [7, 11) is 0. The van der Waals surface area contributed by atoms with Crippen LogP contribution in [0.3, 0.4) is 0 Å². The summed E-state index contributed by atoms with van der Waals surface area (Å²) in [6.07, 6.45) is -4.56.